The zero-order chi connectivity index (χ0) is 40.2. The van der Waals surface area contributed by atoms with Crippen molar-refractivity contribution in [3.05, 3.63) is 35.9 Å². The topological polar surface area (TPSA) is 150 Å². The molecule has 0 aliphatic carbocycles. The van der Waals surface area contributed by atoms with E-state index in [4.69, 9.17) is 28.4 Å². The van der Waals surface area contributed by atoms with E-state index in [2.05, 4.69) is 12.1 Å². The number of hydrogen-bond donors (Lipinski definition) is 1. The standard InChI is InChI=1S/C42H64N2O11/c1-10-33-42(7)37(44(40(49)55-42)19-15-14-18-29-16-12-11-13-17-29)28(5)35(46)25(2)22-41(6)34(54-39-36(47)31(43(8)9)20-26(3)52-39)21-32(27(4)38(48)53-33)50-23-30(45)24-51-41/h11-13,16-17,25-28,31-34,36-37,39,47H,10,14-15,18-24H2,1-9H3/t25-,26-,27-,28+,31+,32-,33-,34-,36-,37?,39?,41+,42?/m1/s1. The summed E-state index contributed by atoms with van der Waals surface area (Å²) < 4.78 is 37.9. The quantitative estimate of drug-likeness (QED) is 0.273. The van der Waals surface area contributed by atoms with Gasteiger partial charge in [0.15, 0.2) is 17.7 Å². The van der Waals surface area contributed by atoms with Gasteiger partial charge in [0.05, 0.1) is 35.9 Å². The molecule has 4 saturated heterocycles. The highest BCUT2D eigenvalue weighted by Crippen LogP contribution is 2.43. The molecule has 4 heterocycles. The van der Waals surface area contributed by atoms with Crippen molar-refractivity contribution in [1.29, 1.82) is 0 Å². The number of rotatable bonds is 9. The summed E-state index contributed by atoms with van der Waals surface area (Å²) in [7, 11) is 3.78. The average molecular weight is 773 g/mol. The molecule has 1 aromatic carbocycles. The number of ether oxygens (including phenoxy) is 6. The molecule has 13 atom stereocenters. The number of cyclic esters (lactones) is 1. The van der Waals surface area contributed by atoms with Crippen molar-refractivity contribution >= 4 is 23.6 Å². The van der Waals surface area contributed by atoms with Crippen molar-refractivity contribution in [1.82, 2.24) is 9.80 Å². The fourth-order valence-electron chi connectivity index (χ4n) is 9.22. The maximum atomic E-state index is 14.7. The number of aliphatic hydroxyl groups is 1. The Morgan fingerprint density at radius 2 is 1.67 bits per heavy atom. The average Bonchev–Trinajstić information content (AvgIpc) is 3.43. The third-order valence-electron chi connectivity index (χ3n) is 12.5. The number of Topliss-reactive ketones (excluding diaryl/α,β-unsaturated/α-hetero) is 2. The molecule has 0 radical (unpaired) electrons. The first kappa shape index (κ1) is 43.2. The van der Waals surface area contributed by atoms with Gasteiger partial charge in [0.1, 0.15) is 31.2 Å². The molecule has 4 aliphatic heterocycles. The van der Waals surface area contributed by atoms with Crippen molar-refractivity contribution in [2.75, 3.05) is 33.9 Å². The summed E-state index contributed by atoms with van der Waals surface area (Å²) in [6, 6.07) is 9.15. The second-order valence-electron chi connectivity index (χ2n) is 17.0. The predicted octanol–water partition coefficient (Wildman–Crippen LogP) is 4.74. The van der Waals surface area contributed by atoms with Gasteiger partial charge >= 0.3 is 12.1 Å². The number of aliphatic hydroxyl groups excluding tert-OH is 1. The van der Waals surface area contributed by atoms with Gasteiger partial charge in [-0.3, -0.25) is 14.4 Å². The Hall–Kier alpha value is -2.94. The molecule has 0 spiro atoms. The summed E-state index contributed by atoms with van der Waals surface area (Å²) in [6.07, 6.45) is -2.01. The number of unbranched alkanes of at least 4 members (excludes halogenated alkanes) is 1. The van der Waals surface area contributed by atoms with E-state index in [-0.39, 0.29) is 49.8 Å². The van der Waals surface area contributed by atoms with E-state index in [9.17, 15) is 24.3 Å². The largest absolute Gasteiger partial charge is 0.458 e. The maximum Gasteiger partial charge on any atom is 0.410 e. The summed E-state index contributed by atoms with van der Waals surface area (Å²) in [5, 5.41) is 11.5. The second-order valence-corrected chi connectivity index (χ2v) is 17.0. The van der Waals surface area contributed by atoms with Gasteiger partial charge < -0.3 is 43.3 Å². The van der Waals surface area contributed by atoms with Gasteiger partial charge in [0.25, 0.3) is 0 Å². The minimum absolute atomic E-state index is 0.0759. The van der Waals surface area contributed by atoms with Crippen LogP contribution in [0, 0.1) is 17.8 Å². The van der Waals surface area contributed by atoms with Crippen molar-refractivity contribution in [3.8, 4) is 0 Å². The number of amides is 1. The molecule has 13 heteroatoms. The van der Waals surface area contributed by atoms with Gasteiger partial charge in [-0.05, 0) is 85.9 Å². The molecule has 4 fully saturated rings. The number of benzene rings is 1. The van der Waals surface area contributed by atoms with Crippen LogP contribution in [0.15, 0.2) is 30.3 Å². The van der Waals surface area contributed by atoms with Crippen molar-refractivity contribution in [3.63, 3.8) is 0 Å². The molecule has 308 valence electrons. The number of esters is 1. The number of likely N-dealkylation sites (N-methyl/N-ethyl adjacent to an activating group) is 1. The van der Waals surface area contributed by atoms with Gasteiger partial charge in [0, 0.05) is 30.8 Å². The number of ketones is 2. The molecule has 5 rings (SSSR count). The Morgan fingerprint density at radius 3 is 2.35 bits per heavy atom. The normalized spacial score (nSPS) is 39.5. The first-order chi connectivity index (χ1) is 26.0. The second kappa shape index (κ2) is 18.1. The highest BCUT2D eigenvalue weighted by Gasteiger charge is 2.60. The van der Waals surface area contributed by atoms with Crippen molar-refractivity contribution < 1.29 is 52.7 Å². The van der Waals surface area contributed by atoms with Crippen LogP contribution in [0.5, 0.6) is 0 Å². The van der Waals surface area contributed by atoms with Crippen LogP contribution >= 0.6 is 0 Å². The number of hydrogen-bond acceptors (Lipinski definition) is 12. The van der Waals surface area contributed by atoms with E-state index in [0.29, 0.717) is 25.8 Å². The maximum absolute atomic E-state index is 14.7. The van der Waals surface area contributed by atoms with Gasteiger partial charge in [0.2, 0.25) is 0 Å². The Morgan fingerprint density at radius 1 is 0.964 bits per heavy atom. The summed E-state index contributed by atoms with van der Waals surface area (Å²) in [6.45, 7) is 12.4. The molecule has 2 bridgehead atoms. The van der Waals surface area contributed by atoms with Crippen LogP contribution in [0.1, 0.15) is 92.6 Å². The number of carbonyl (C=O) groups is 4. The third kappa shape index (κ3) is 9.61. The van der Waals surface area contributed by atoms with Gasteiger partial charge in [-0.15, -0.1) is 0 Å². The zero-order valence-corrected chi connectivity index (χ0v) is 34.2. The lowest BCUT2D eigenvalue weighted by molar-refractivity contribution is -0.294. The summed E-state index contributed by atoms with van der Waals surface area (Å²) in [4.78, 5) is 59.4. The minimum Gasteiger partial charge on any atom is -0.458 e. The minimum atomic E-state index is -1.33. The monoisotopic (exact) mass is 772 g/mol. The molecule has 0 aromatic heterocycles. The summed E-state index contributed by atoms with van der Waals surface area (Å²) in [5.41, 5.74) is -1.40. The SMILES string of the molecule is CC[C@H]1OC(=O)[C@H](C)[C@H]2C[C@@H](OC3O[C@H](C)C[C@H](N(C)C)[C@H]3O)[C@](C)(C[C@@H](C)C(=O)[C@H](C)C3N(CCCCc4ccccc4)C(=O)OC31C)OCC(=O)CO2. The molecule has 0 saturated carbocycles. The van der Waals surface area contributed by atoms with E-state index >= 15 is 0 Å². The van der Waals surface area contributed by atoms with Gasteiger partial charge in [-0.1, -0.05) is 51.1 Å². The molecule has 4 aliphatic rings. The molecule has 1 aromatic rings. The number of aryl methyl sites for hydroxylation is 1. The lowest BCUT2D eigenvalue weighted by Crippen LogP contribution is -2.59. The summed E-state index contributed by atoms with van der Waals surface area (Å²) in [5.74, 6) is -3.29. The van der Waals surface area contributed by atoms with E-state index in [1.807, 2.05) is 64.9 Å². The highest BCUT2D eigenvalue weighted by atomic mass is 16.7. The van der Waals surface area contributed by atoms with Crippen LogP contribution in [0.4, 0.5) is 4.79 Å². The first-order valence-electron chi connectivity index (χ1n) is 20.2. The first-order valence-corrected chi connectivity index (χ1v) is 20.2. The fourth-order valence-corrected chi connectivity index (χ4v) is 9.22. The molecular formula is C42H64N2O11. The van der Waals surface area contributed by atoms with Gasteiger partial charge in [-0.25, -0.2) is 4.79 Å². The van der Waals surface area contributed by atoms with E-state index in [1.165, 1.54) is 5.56 Å². The van der Waals surface area contributed by atoms with E-state index in [1.54, 1.807) is 25.7 Å². The van der Waals surface area contributed by atoms with Crippen LogP contribution in [-0.4, -0.2) is 132 Å². The molecule has 13 nitrogen and oxygen atoms in total. The molecule has 55 heavy (non-hydrogen) atoms. The number of nitrogens with zero attached hydrogens (tertiary/aromatic N) is 2. The highest BCUT2D eigenvalue weighted by molar-refractivity contribution is 5.85. The predicted molar refractivity (Wildman–Crippen MR) is 203 cm³/mol. The molecule has 3 unspecified atom stereocenters. The van der Waals surface area contributed by atoms with E-state index in [0.717, 1.165) is 12.8 Å². The Kier molecular flexibility index (Phi) is 14.2. The molecule has 1 N–H and O–H groups in total. The van der Waals surface area contributed by atoms with Crippen molar-refractivity contribution in [2.45, 2.75) is 154 Å². The van der Waals surface area contributed by atoms with Crippen molar-refractivity contribution in [2.24, 2.45) is 17.8 Å². The van der Waals surface area contributed by atoms with Gasteiger partial charge in [-0.2, -0.15) is 0 Å². The fraction of sp³-hybridized carbons (Fsp3) is 0.762. The van der Waals surface area contributed by atoms with Crippen LogP contribution in [0.25, 0.3) is 0 Å². The third-order valence-corrected chi connectivity index (χ3v) is 12.5. The van der Waals surface area contributed by atoms with Crippen LogP contribution in [-0.2, 0) is 49.2 Å². The Balaban J connectivity index is 1.51. The molecular weight excluding hydrogens is 708 g/mol. The number of fused-ring (bicyclic) bond motifs is 4. The van der Waals surface area contributed by atoms with Crippen LogP contribution in [0.3, 0.4) is 0 Å². The smallest absolute Gasteiger partial charge is 0.410 e. The number of carbonyl (C=O) groups excluding carboxylic acids is 4. The van der Waals surface area contributed by atoms with E-state index < -0.39 is 77.8 Å². The zero-order valence-electron chi connectivity index (χ0n) is 34.2. The molecule has 1 amide bonds. The summed E-state index contributed by atoms with van der Waals surface area (Å²) >= 11 is 0. The lowest BCUT2D eigenvalue weighted by Gasteiger charge is -2.46. The van der Waals surface area contributed by atoms with Crippen LogP contribution < -0.4 is 0 Å². The Bertz CT molecular complexity index is 1490. The lowest BCUT2D eigenvalue weighted by atomic mass is 9.74. The van der Waals surface area contributed by atoms with Crippen LogP contribution in [0.2, 0.25) is 0 Å². The Labute approximate surface area is 326 Å².